The monoisotopic (exact) mass is 471 g/mol. The fourth-order valence-corrected chi connectivity index (χ4v) is 4.08. The summed E-state index contributed by atoms with van der Waals surface area (Å²) in [5, 5.41) is 4.48. The minimum atomic E-state index is -4.72. The second-order valence-corrected chi connectivity index (χ2v) is 7.69. The van der Waals surface area contributed by atoms with Crippen molar-refractivity contribution < 1.29 is 41.7 Å². The molecule has 180 valence electrons. The van der Waals surface area contributed by atoms with E-state index in [4.69, 9.17) is 18.9 Å². The highest BCUT2D eigenvalue weighted by molar-refractivity contribution is 5.95. The average molecular weight is 471 g/mol. The van der Waals surface area contributed by atoms with Crippen LogP contribution in [0.25, 0.3) is 0 Å². The lowest BCUT2D eigenvalue weighted by Crippen LogP contribution is -2.53. The number of nitrogens with zero attached hydrogens (tertiary/aromatic N) is 3. The zero-order valence-electron chi connectivity index (χ0n) is 18.1. The molecule has 0 bridgehead atoms. The van der Waals surface area contributed by atoms with Gasteiger partial charge in [-0.05, 0) is 24.3 Å². The van der Waals surface area contributed by atoms with Gasteiger partial charge in [-0.2, -0.15) is 5.10 Å². The van der Waals surface area contributed by atoms with Crippen LogP contribution in [0.1, 0.15) is 22.5 Å². The first-order chi connectivity index (χ1) is 15.7. The fourth-order valence-electron chi connectivity index (χ4n) is 4.08. The van der Waals surface area contributed by atoms with Crippen LogP contribution in [0, 0.1) is 0 Å². The Bertz CT molecular complexity index is 998. The molecule has 1 amide bonds. The molecule has 2 aromatic rings. The quantitative estimate of drug-likeness (QED) is 0.574. The third kappa shape index (κ3) is 4.92. The van der Waals surface area contributed by atoms with Crippen molar-refractivity contribution in [2.75, 3.05) is 40.2 Å². The minimum Gasteiger partial charge on any atom is -0.493 e. The lowest BCUT2D eigenvalue weighted by atomic mass is 9.85. The van der Waals surface area contributed by atoms with E-state index in [2.05, 4.69) is 9.84 Å². The molecule has 9 nitrogen and oxygen atoms in total. The van der Waals surface area contributed by atoms with Crippen molar-refractivity contribution in [2.45, 2.75) is 24.5 Å². The molecule has 0 radical (unpaired) electrons. The lowest BCUT2D eigenvalue weighted by molar-refractivity contribution is -0.325. The molecule has 0 saturated carbocycles. The van der Waals surface area contributed by atoms with E-state index in [-0.39, 0.29) is 36.9 Å². The molecule has 0 N–H and O–H groups in total. The number of aromatic nitrogens is 2. The molecule has 3 heterocycles. The number of methoxy groups -OCH3 is 1. The van der Waals surface area contributed by atoms with Crippen LogP contribution in [0.4, 0.5) is 13.2 Å². The lowest BCUT2D eigenvalue weighted by Gasteiger charge is -2.40. The van der Waals surface area contributed by atoms with E-state index in [1.165, 1.54) is 25.3 Å². The van der Waals surface area contributed by atoms with E-state index < -0.39 is 18.6 Å². The van der Waals surface area contributed by atoms with Crippen molar-refractivity contribution in [1.82, 2.24) is 14.7 Å². The fraction of sp³-hybridized carbons (Fsp3) is 0.524. The molecule has 2 atom stereocenters. The normalized spacial score (nSPS) is 22.8. The summed E-state index contributed by atoms with van der Waals surface area (Å²) in [6, 6.07) is 6.41. The standard InChI is InChI=1S/C21H24F3N3O6/c1-26-7-5-17(25-26)20-6-8-27(12-18(20)31-13-33-20)19(28)14-3-4-15(16(11-14)29-2)30-9-10-32-21(22,23)24/h3-5,7,11,18H,6,8-10,12-13H2,1-2H3. The highest BCUT2D eigenvalue weighted by Crippen LogP contribution is 2.42. The number of carbonyl (C=O) groups is 1. The number of amides is 1. The van der Waals surface area contributed by atoms with Crippen LogP contribution >= 0.6 is 0 Å². The van der Waals surface area contributed by atoms with Crippen molar-refractivity contribution in [3.8, 4) is 11.5 Å². The van der Waals surface area contributed by atoms with Crippen molar-refractivity contribution >= 4 is 5.91 Å². The number of piperidine rings is 1. The molecular formula is C21H24F3N3O6. The number of hydrogen-bond donors (Lipinski definition) is 0. The van der Waals surface area contributed by atoms with Crippen LogP contribution in [0.15, 0.2) is 30.5 Å². The Hall–Kier alpha value is -2.83. The smallest absolute Gasteiger partial charge is 0.493 e. The Morgan fingerprint density at radius 1 is 1.27 bits per heavy atom. The summed E-state index contributed by atoms with van der Waals surface area (Å²) in [7, 11) is 3.21. The van der Waals surface area contributed by atoms with Crippen LogP contribution in [0.5, 0.6) is 11.5 Å². The summed E-state index contributed by atoms with van der Waals surface area (Å²) in [5.41, 5.74) is 0.443. The zero-order chi connectivity index (χ0) is 23.6. The number of benzene rings is 1. The van der Waals surface area contributed by atoms with E-state index in [0.29, 0.717) is 25.1 Å². The van der Waals surface area contributed by atoms with Gasteiger partial charge in [0.25, 0.3) is 5.91 Å². The Morgan fingerprint density at radius 2 is 2.09 bits per heavy atom. The van der Waals surface area contributed by atoms with Gasteiger partial charge in [0.2, 0.25) is 0 Å². The Kier molecular flexibility index (Phi) is 6.50. The zero-order valence-corrected chi connectivity index (χ0v) is 18.1. The third-order valence-electron chi connectivity index (χ3n) is 5.70. The highest BCUT2D eigenvalue weighted by atomic mass is 19.4. The number of alkyl halides is 3. The van der Waals surface area contributed by atoms with Crippen molar-refractivity contribution in [1.29, 1.82) is 0 Å². The average Bonchev–Trinajstić information content (AvgIpc) is 3.42. The van der Waals surface area contributed by atoms with Gasteiger partial charge in [0.1, 0.15) is 25.1 Å². The third-order valence-corrected chi connectivity index (χ3v) is 5.70. The molecule has 4 rings (SSSR count). The maximum atomic E-state index is 13.2. The topological polar surface area (TPSA) is 84.3 Å². The molecule has 0 aliphatic carbocycles. The van der Waals surface area contributed by atoms with Gasteiger partial charge in [-0.25, -0.2) is 0 Å². The summed E-state index contributed by atoms with van der Waals surface area (Å²) in [5.74, 6) is 0.207. The second kappa shape index (κ2) is 9.20. The first-order valence-corrected chi connectivity index (χ1v) is 10.3. The number of ether oxygens (including phenoxy) is 5. The molecule has 0 spiro atoms. The van der Waals surface area contributed by atoms with Crippen LogP contribution in [-0.4, -0.2) is 73.3 Å². The summed E-state index contributed by atoms with van der Waals surface area (Å²) in [6.07, 6.45) is -2.72. The van der Waals surface area contributed by atoms with Gasteiger partial charge in [-0.3, -0.25) is 14.2 Å². The maximum Gasteiger partial charge on any atom is 0.522 e. The molecule has 2 aliphatic rings. The second-order valence-electron chi connectivity index (χ2n) is 7.69. The Balaban J connectivity index is 1.42. The van der Waals surface area contributed by atoms with Gasteiger partial charge in [0, 0.05) is 31.8 Å². The van der Waals surface area contributed by atoms with E-state index in [1.807, 2.05) is 19.3 Å². The summed E-state index contributed by atoms with van der Waals surface area (Å²) in [6.45, 7) is -0.108. The summed E-state index contributed by atoms with van der Waals surface area (Å²) < 4.78 is 63.9. The molecule has 1 aromatic heterocycles. The predicted octanol–water partition coefficient (Wildman–Crippen LogP) is 2.46. The SMILES string of the molecule is COc1cc(C(=O)N2CCC3(c4ccn(C)n4)OCOC3C2)ccc1OCCOC(F)(F)F. The molecule has 2 aliphatic heterocycles. The highest BCUT2D eigenvalue weighted by Gasteiger charge is 2.52. The first-order valence-electron chi connectivity index (χ1n) is 10.3. The number of likely N-dealkylation sites (tertiary alicyclic amines) is 1. The summed E-state index contributed by atoms with van der Waals surface area (Å²) >= 11 is 0. The van der Waals surface area contributed by atoms with Crippen LogP contribution < -0.4 is 9.47 Å². The number of rotatable bonds is 7. The van der Waals surface area contributed by atoms with Gasteiger partial charge in [-0.15, -0.1) is 13.2 Å². The van der Waals surface area contributed by atoms with E-state index in [0.717, 1.165) is 5.69 Å². The molecule has 1 aromatic carbocycles. The number of carbonyl (C=O) groups excluding carboxylic acids is 1. The van der Waals surface area contributed by atoms with Gasteiger partial charge in [0.15, 0.2) is 11.5 Å². The van der Waals surface area contributed by atoms with Crippen molar-refractivity contribution in [3.63, 3.8) is 0 Å². The number of halogens is 3. The molecule has 2 fully saturated rings. The molecular weight excluding hydrogens is 447 g/mol. The number of hydrogen-bond acceptors (Lipinski definition) is 7. The predicted molar refractivity (Wildman–Crippen MR) is 107 cm³/mol. The van der Waals surface area contributed by atoms with Gasteiger partial charge >= 0.3 is 6.36 Å². The van der Waals surface area contributed by atoms with Gasteiger partial charge in [-0.1, -0.05) is 0 Å². The van der Waals surface area contributed by atoms with Crippen LogP contribution in [-0.2, 0) is 26.9 Å². The van der Waals surface area contributed by atoms with Crippen LogP contribution in [0.3, 0.4) is 0 Å². The minimum absolute atomic E-state index is 0.126. The van der Waals surface area contributed by atoms with Gasteiger partial charge in [0.05, 0.1) is 26.0 Å². The molecule has 33 heavy (non-hydrogen) atoms. The van der Waals surface area contributed by atoms with Gasteiger partial charge < -0.3 is 23.8 Å². The van der Waals surface area contributed by atoms with E-state index in [9.17, 15) is 18.0 Å². The van der Waals surface area contributed by atoms with Crippen LogP contribution in [0.2, 0.25) is 0 Å². The first kappa shape index (κ1) is 23.3. The van der Waals surface area contributed by atoms with Crippen molar-refractivity contribution in [2.24, 2.45) is 7.05 Å². The molecule has 2 unspecified atom stereocenters. The molecule has 2 saturated heterocycles. The number of aryl methyl sites for hydroxylation is 1. The molecule has 12 heteroatoms. The Labute approximate surface area is 187 Å². The van der Waals surface area contributed by atoms with Crippen molar-refractivity contribution in [3.05, 3.63) is 41.7 Å². The summed E-state index contributed by atoms with van der Waals surface area (Å²) in [4.78, 5) is 14.8. The van der Waals surface area contributed by atoms with E-state index in [1.54, 1.807) is 9.58 Å². The van der Waals surface area contributed by atoms with E-state index >= 15 is 0 Å². The largest absolute Gasteiger partial charge is 0.522 e. The number of fused-ring (bicyclic) bond motifs is 1. The Morgan fingerprint density at radius 3 is 2.79 bits per heavy atom. The maximum absolute atomic E-state index is 13.2.